The fourth-order valence-corrected chi connectivity index (χ4v) is 0.501. The van der Waals surface area contributed by atoms with Crippen molar-refractivity contribution in [1.82, 2.24) is 5.43 Å². The summed E-state index contributed by atoms with van der Waals surface area (Å²) in [6, 6.07) is 0. The average molecular weight is 127 g/mol. The summed E-state index contributed by atoms with van der Waals surface area (Å²) in [7, 11) is 0. The molecule has 48 valence electrons. The highest BCUT2D eigenvalue weighted by atomic mass is 16.4. The summed E-state index contributed by atoms with van der Waals surface area (Å²) in [5, 5.41) is 14.1. The summed E-state index contributed by atoms with van der Waals surface area (Å²) < 4.78 is 0. The first kappa shape index (κ1) is 5.74. The Morgan fingerprint density at radius 3 is 3.22 bits per heavy atom. The zero-order chi connectivity index (χ0) is 6.69. The van der Waals surface area contributed by atoms with E-state index in [-0.39, 0.29) is 5.91 Å². The summed E-state index contributed by atoms with van der Waals surface area (Å²) in [4.78, 5) is 10.5. The van der Waals surface area contributed by atoms with Gasteiger partial charge in [-0.05, 0) is 0 Å². The summed E-state index contributed by atoms with van der Waals surface area (Å²) >= 11 is 0. The van der Waals surface area contributed by atoms with Crippen LogP contribution in [0.4, 0.5) is 0 Å². The van der Waals surface area contributed by atoms with Crippen LogP contribution in [0.15, 0.2) is 10.3 Å². The van der Waals surface area contributed by atoms with Crippen molar-refractivity contribution in [3.63, 3.8) is 0 Å². The zero-order valence-corrected chi connectivity index (χ0v) is 4.48. The minimum atomic E-state index is -0.505. The summed E-state index contributed by atoms with van der Waals surface area (Å²) in [6.07, 6.45) is 2.47. The van der Waals surface area contributed by atoms with Gasteiger partial charge in [0, 0.05) is 6.21 Å². The molecule has 1 atom stereocenters. The van der Waals surface area contributed by atoms with Crippen molar-refractivity contribution >= 4 is 18.3 Å². The largest absolute Gasteiger partial charge is 0.411 e. The molecule has 0 saturated heterocycles. The second-order valence-electron chi connectivity index (χ2n) is 1.54. The molecular weight excluding hydrogens is 122 g/mol. The number of hydrogen-bond donors (Lipinski definition) is 2. The van der Waals surface area contributed by atoms with Crippen LogP contribution in [0.5, 0.6) is 0 Å². The van der Waals surface area contributed by atoms with E-state index in [2.05, 4.69) is 15.7 Å². The minimum Gasteiger partial charge on any atom is -0.411 e. The first-order chi connectivity index (χ1) is 4.34. The molecule has 1 aliphatic heterocycles. The van der Waals surface area contributed by atoms with E-state index >= 15 is 0 Å². The SMILES string of the molecule is O=C1NN=CC1/C=N/O. The van der Waals surface area contributed by atoms with Crippen LogP contribution in [0.1, 0.15) is 0 Å². The van der Waals surface area contributed by atoms with E-state index in [1.54, 1.807) is 0 Å². The molecule has 0 saturated carbocycles. The van der Waals surface area contributed by atoms with E-state index in [0.29, 0.717) is 0 Å². The molecule has 5 nitrogen and oxygen atoms in total. The predicted molar refractivity (Wildman–Crippen MR) is 30.4 cm³/mol. The molecule has 1 aliphatic rings. The lowest BCUT2D eigenvalue weighted by Crippen LogP contribution is -2.20. The molecule has 0 spiro atoms. The highest BCUT2D eigenvalue weighted by molar-refractivity contribution is 6.10. The topological polar surface area (TPSA) is 74.0 Å². The molecule has 0 aromatic carbocycles. The van der Waals surface area contributed by atoms with Gasteiger partial charge in [-0.15, -0.1) is 5.16 Å². The van der Waals surface area contributed by atoms with Gasteiger partial charge in [-0.2, -0.15) is 5.10 Å². The Bertz CT molecular complexity index is 175. The molecule has 0 aromatic heterocycles. The van der Waals surface area contributed by atoms with Gasteiger partial charge in [0.15, 0.2) is 0 Å². The Morgan fingerprint density at radius 2 is 2.78 bits per heavy atom. The number of oxime groups is 1. The monoisotopic (exact) mass is 127 g/mol. The molecular formula is C4H5N3O2. The minimum absolute atomic E-state index is 0.271. The number of carbonyl (C=O) groups is 1. The Labute approximate surface area is 51.0 Å². The quantitative estimate of drug-likeness (QED) is 0.274. The van der Waals surface area contributed by atoms with Gasteiger partial charge in [0.05, 0.1) is 6.21 Å². The Kier molecular flexibility index (Phi) is 1.44. The van der Waals surface area contributed by atoms with Crippen molar-refractivity contribution in [3.8, 4) is 0 Å². The first-order valence-corrected chi connectivity index (χ1v) is 2.35. The Balaban J connectivity index is 2.59. The number of hydrazone groups is 1. The van der Waals surface area contributed by atoms with Crippen molar-refractivity contribution in [2.45, 2.75) is 0 Å². The van der Waals surface area contributed by atoms with Crippen molar-refractivity contribution in [3.05, 3.63) is 0 Å². The lowest BCUT2D eigenvalue weighted by Gasteiger charge is -1.90. The molecule has 0 aromatic rings. The van der Waals surface area contributed by atoms with E-state index < -0.39 is 5.92 Å². The molecule has 1 amide bonds. The maximum atomic E-state index is 10.5. The van der Waals surface area contributed by atoms with Crippen molar-refractivity contribution < 1.29 is 10.0 Å². The molecule has 0 fully saturated rings. The molecule has 0 bridgehead atoms. The second-order valence-corrected chi connectivity index (χ2v) is 1.54. The fourth-order valence-electron chi connectivity index (χ4n) is 0.501. The number of carbonyl (C=O) groups excluding carboxylic acids is 1. The van der Waals surface area contributed by atoms with E-state index in [1.165, 1.54) is 6.21 Å². The van der Waals surface area contributed by atoms with Gasteiger partial charge in [-0.25, -0.2) is 5.43 Å². The highest BCUT2D eigenvalue weighted by Crippen LogP contribution is 1.93. The molecule has 5 heteroatoms. The molecule has 1 rings (SSSR count). The van der Waals surface area contributed by atoms with Gasteiger partial charge in [-0.1, -0.05) is 0 Å². The Morgan fingerprint density at radius 1 is 2.00 bits per heavy atom. The number of nitrogens with zero attached hydrogens (tertiary/aromatic N) is 2. The molecule has 9 heavy (non-hydrogen) atoms. The second kappa shape index (κ2) is 2.25. The normalized spacial score (nSPS) is 25.3. The third kappa shape index (κ3) is 1.04. The van der Waals surface area contributed by atoms with Crippen LogP contribution in [0.3, 0.4) is 0 Å². The number of nitrogens with one attached hydrogen (secondary N) is 1. The van der Waals surface area contributed by atoms with Crippen molar-refractivity contribution in [2.75, 3.05) is 0 Å². The highest BCUT2D eigenvalue weighted by Gasteiger charge is 2.17. The first-order valence-electron chi connectivity index (χ1n) is 2.35. The molecule has 1 heterocycles. The third-order valence-electron chi connectivity index (χ3n) is 0.940. The summed E-state index contributed by atoms with van der Waals surface area (Å²) in [5.41, 5.74) is 2.18. The van der Waals surface area contributed by atoms with Crippen LogP contribution in [0.2, 0.25) is 0 Å². The zero-order valence-electron chi connectivity index (χ0n) is 4.48. The van der Waals surface area contributed by atoms with Crippen LogP contribution in [0, 0.1) is 5.92 Å². The van der Waals surface area contributed by atoms with Crippen LogP contribution in [-0.4, -0.2) is 23.5 Å². The van der Waals surface area contributed by atoms with Crippen LogP contribution in [-0.2, 0) is 4.79 Å². The lowest BCUT2D eigenvalue weighted by molar-refractivity contribution is -0.120. The number of hydrogen-bond acceptors (Lipinski definition) is 4. The van der Waals surface area contributed by atoms with E-state index in [0.717, 1.165) is 6.21 Å². The smallest absolute Gasteiger partial charge is 0.254 e. The van der Waals surface area contributed by atoms with Crippen molar-refractivity contribution in [1.29, 1.82) is 0 Å². The van der Waals surface area contributed by atoms with E-state index in [4.69, 9.17) is 5.21 Å². The van der Waals surface area contributed by atoms with E-state index in [1.807, 2.05) is 0 Å². The van der Waals surface area contributed by atoms with Crippen molar-refractivity contribution in [2.24, 2.45) is 16.2 Å². The van der Waals surface area contributed by atoms with Gasteiger partial charge < -0.3 is 5.21 Å². The van der Waals surface area contributed by atoms with Crippen LogP contribution in [0.25, 0.3) is 0 Å². The predicted octanol–water partition coefficient (Wildman–Crippen LogP) is -0.822. The average Bonchev–Trinajstić information content (AvgIpc) is 2.18. The number of rotatable bonds is 1. The fraction of sp³-hybridized carbons (Fsp3) is 0.250. The van der Waals surface area contributed by atoms with E-state index in [9.17, 15) is 4.79 Å². The maximum absolute atomic E-state index is 10.5. The van der Waals surface area contributed by atoms with Gasteiger partial charge in [0.1, 0.15) is 5.92 Å². The van der Waals surface area contributed by atoms with Crippen LogP contribution < -0.4 is 5.43 Å². The summed E-state index contributed by atoms with van der Waals surface area (Å²) in [6.45, 7) is 0. The molecule has 0 aliphatic carbocycles. The standard InChI is InChI=1S/C4H5N3O2/c8-4-3(2-6-9)1-5-7-4/h1-3,9H,(H,7,8)/b6-2+. The molecule has 0 radical (unpaired) electrons. The van der Waals surface area contributed by atoms with Gasteiger partial charge >= 0.3 is 0 Å². The number of amides is 1. The van der Waals surface area contributed by atoms with Crippen LogP contribution >= 0.6 is 0 Å². The van der Waals surface area contributed by atoms with Gasteiger partial charge in [0.25, 0.3) is 5.91 Å². The lowest BCUT2D eigenvalue weighted by atomic mass is 10.2. The summed E-state index contributed by atoms with van der Waals surface area (Å²) in [5.74, 6) is -0.775. The van der Waals surface area contributed by atoms with Gasteiger partial charge in [0.2, 0.25) is 0 Å². The molecule has 1 unspecified atom stereocenters. The molecule has 2 N–H and O–H groups in total. The third-order valence-corrected chi connectivity index (χ3v) is 0.940. The maximum Gasteiger partial charge on any atom is 0.254 e. The van der Waals surface area contributed by atoms with Gasteiger partial charge in [-0.3, -0.25) is 4.79 Å². The Hall–Kier alpha value is -1.39.